The zero-order valence-corrected chi connectivity index (χ0v) is 33.7. The molecule has 278 valence electrons. The Hall–Kier alpha value is -5.48. The lowest BCUT2D eigenvalue weighted by Gasteiger charge is -2.38. The van der Waals surface area contributed by atoms with Gasteiger partial charge in [0.05, 0.1) is 10.6 Å². The summed E-state index contributed by atoms with van der Waals surface area (Å²) in [7, 11) is 0. The third kappa shape index (κ3) is 6.20. The van der Waals surface area contributed by atoms with Crippen molar-refractivity contribution in [3.05, 3.63) is 218 Å². The summed E-state index contributed by atoms with van der Waals surface area (Å²) in [6, 6.07) is 38.2. The monoisotopic (exact) mass is 771 g/mol. The van der Waals surface area contributed by atoms with Gasteiger partial charge in [0.1, 0.15) is 0 Å². The van der Waals surface area contributed by atoms with Crippen molar-refractivity contribution in [2.45, 2.75) is 56.4 Å². The van der Waals surface area contributed by atoms with Crippen LogP contribution >= 0.6 is 22.7 Å². The van der Waals surface area contributed by atoms with Gasteiger partial charge >= 0.3 is 0 Å². The van der Waals surface area contributed by atoms with Gasteiger partial charge in [-0.15, -0.1) is 22.7 Å². The van der Waals surface area contributed by atoms with Gasteiger partial charge in [0.2, 0.25) is 0 Å². The van der Waals surface area contributed by atoms with Gasteiger partial charge in [0.25, 0.3) is 0 Å². The second kappa shape index (κ2) is 14.8. The summed E-state index contributed by atoms with van der Waals surface area (Å²) in [5, 5.41) is 4.32. The van der Waals surface area contributed by atoms with Crippen LogP contribution in [0.5, 0.6) is 0 Å². The predicted octanol–water partition coefficient (Wildman–Crippen LogP) is 12.9. The minimum absolute atomic E-state index is 0.243. The van der Waals surface area contributed by atoms with E-state index in [0.717, 1.165) is 38.5 Å². The number of hydrogen-bond donors (Lipinski definition) is 0. The molecule has 0 aliphatic heterocycles. The second-order valence-corrected chi connectivity index (χ2v) is 18.1. The fourth-order valence-corrected chi connectivity index (χ4v) is 12.7. The van der Waals surface area contributed by atoms with Crippen LogP contribution < -0.4 is 9.75 Å². The summed E-state index contributed by atoms with van der Waals surface area (Å²) in [5.74, 6) is 1.03. The second-order valence-electron chi connectivity index (χ2n) is 16.0. The third-order valence-electron chi connectivity index (χ3n) is 12.7. The van der Waals surface area contributed by atoms with Gasteiger partial charge < -0.3 is 4.90 Å². The Balaban J connectivity index is 0.987. The molecule has 1 nitrogen and oxygen atoms in total. The van der Waals surface area contributed by atoms with Gasteiger partial charge in [0, 0.05) is 54.2 Å². The molecule has 0 fully saturated rings. The van der Waals surface area contributed by atoms with E-state index in [-0.39, 0.29) is 6.04 Å². The van der Waals surface area contributed by atoms with Gasteiger partial charge in [0.15, 0.2) is 0 Å². The Labute approximate surface area is 343 Å². The van der Waals surface area contributed by atoms with Crippen molar-refractivity contribution in [1.29, 1.82) is 0 Å². The van der Waals surface area contributed by atoms with Crippen molar-refractivity contribution in [2.24, 2.45) is 5.92 Å². The molecule has 0 saturated heterocycles. The fraction of sp³-hybridized carbons (Fsp3) is 0.185. The first kappa shape index (κ1) is 34.7. The third-order valence-corrected chi connectivity index (χ3v) is 15.2. The van der Waals surface area contributed by atoms with E-state index in [2.05, 4.69) is 181 Å². The predicted molar refractivity (Wildman–Crippen MR) is 245 cm³/mol. The smallest absolute Gasteiger partial charge is 0.0557 e. The average Bonchev–Trinajstić information content (AvgIpc) is 3.87. The van der Waals surface area contributed by atoms with E-state index in [4.69, 9.17) is 0 Å². The van der Waals surface area contributed by atoms with Crippen molar-refractivity contribution >= 4 is 60.2 Å². The summed E-state index contributed by atoms with van der Waals surface area (Å²) in [4.78, 5) is 4.23. The molecule has 5 aliphatic carbocycles. The van der Waals surface area contributed by atoms with Gasteiger partial charge in [-0.1, -0.05) is 158 Å². The molecule has 2 aromatic heterocycles. The van der Waals surface area contributed by atoms with Crippen LogP contribution in [0.15, 0.2) is 181 Å². The number of benzene rings is 4. The Morgan fingerprint density at radius 2 is 1.39 bits per heavy atom. The van der Waals surface area contributed by atoms with Crippen LogP contribution in [0.4, 0.5) is 0 Å². The van der Waals surface area contributed by atoms with Crippen LogP contribution in [0.2, 0.25) is 0 Å². The highest BCUT2D eigenvalue weighted by molar-refractivity contribution is 7.25. The summed E-state index contributed by atoms with van der Waals surface area (Å²) in [6.07, 6.45) is 35.7. The molecule has 0 saturated carbocycles. The molecule has 6 aromatic rings. The lowest BCUT2D eigenvalue weighted by Crippen LogP contribution is -2.40. The molecule has 0 radical (unpaired) electrons. The van der Waals surface area contributed by atoms with E-state index >= 15 is 0 Å². The zero-order chi connectivity index (χ0) is 37.7. The topological polar surface area (TPSA) is 3.24 Å². The van der Waals surface area contributed by atoms with Crippen molar-refractivity contribution < 1.29 is 0 Å². The minimum atomic E-state index is 0.243. The summed E-state index contributed by atoms with van der Waals surface area (Å²) >= 11 is 3.96. The zero-order valence-electron chi connectivity index (χ0n) is 32.1. The lowest BCUT2D eigenvalue weighted by atomic mass is 9.77. The maximum atomic E-state index is 2.75. The molecule has 11 rings (SSSR count). The number of rotatable bonds is 7. The molecule has 57 heavy (non-hydrogen) atoms. The van der Waals surface area contributed by atoms with Gasteiger partial charge in [-0.3, -0.25) is 0 Å². The highest BCUT2D eigenvalue weighted by atomic mass is 32.1. The molecule has 4 atom stereocenters. The van der Waals surface area contributed by atoms with Crippen LogP contribution in [0, 0.1) is 5.92 Å². The number of fused-ring (bicyclic) bond motifs is 6. The first-order valence-electron chi connectivity index (χ1n) is 20.8. The molecule has 5 aliphatic rings. The quantitative estimate of drug-likeness (QED) is 0.156. The van der Waals surface area contributed by atoms with Gasteiger partial charge in [-0.05, 0) is 95.4 Å². The van der Waals surface area contributed by atoms with E-state index in [0.29, 0.717) is 17.8 Å². The number of nitrogens with zero attached hydrogens (tertiary/aromatic N) is 1. The van der Waals surface area contributed by atoms with Crippen LogP contribution in [0.3, 0.4) is 0 Å². The molecular weight excluding hydrogens is 727 g/mol. The summed E-state index contributed by atoms with van der Waals surface area (Å²) < 4.78 is 4.24. The molecule has 4 unspecified atom stereocenters. The Morgan fingerprint density at radius 3 is 2.21 bits per heavy atom. The van der Waals surface area contributed by atoms with E-state index in [1.54, 1.807) is 5.56 Å². The Morgan fingerprint density at radius 1 is 0.596 bits per heavy atom. The standard InChI is InChI=1S/C54H45NS2/c1-3-14-36(15-4-1)42-18-7-8-19-43(42)38-28-32-40(33-29-38)55(41-34-30-39(31-35-41)44-21-13-27-51-52(44)48-20-9-10-26-50(48)56-51)49-25-12-24-47-46-23-11-22-45(53(46)57-54(47)49)37-16-5-2-6-17-37/h1-10,13-22,24,26-30,32,34-35,39-40,42-43H,11-12,23,25,31,33H2. The van der Waals surface area contributed by atoms with E-state index in [1.807, 2.05) is 22.7 Å². The largest absolute Gasteiger partial charge is 0.337 e. The SMILES string of the molecule is C1=CC(C2=CCC(N(C3=CCC(c4cccc5sc6ccccc6c45)C=C3)C3=c4sc5c(c4=CCC3)CCC=C5c3ccccc3)C=C2)C(c2ccccc2)C=C1. The highest BCUT2D eigenvalue weighted by Crippen LogP contribution is 2.43. The number of hydrogen-bond acceptors (Lipinski definition) is 3. The maximum absolute atomic E-state index is 2.75. The number of allylic oxidation sites excluding steroid dienone is 10. The molecule has 0 bridgehead atoms. The maximum Gasteiger partial charge on any atom is 0.0557 e. The molecular formula is C54H45NS2. The summed E-state index contributed by atoms with van der Waals surface area (Å²) in [5.41, 5.74) is 11.4. The van der Waals surface area contributed by atoms with Crippen molar-refractivity contribution in [3.63, 3.8) is 0 Å². The molecule has 3 heteroatoms. The first-order chi connectivity index (χ1) is 28.3. The van der Waals surface area contributed by atoms with E-state index < -0.39 is 0 Å². The van der Waals surface area contributed by atoms with Crippen molar-refractivity contribution in [3.8, 4) is 0 Å². The van der Waals surface area contributed by atoms with E-state index in [9.17, 15) is 0 Å². The minimum Gasteiger partial charge on any atom is -0.337 e. The van der Waals surface area contributed by atoms with Crippen LogP contribution in [0.1, 0.15) is 71.1 Å². The fourth-order valence-electron chi connectivity index (χ4n) is 10.1. The molecule has 2 heterocycles. The highest BCUT2D eigenvalue weighted by Gasteiger charge is 2.31. The average molecular weight is 772 g/mol. The van der Waals surface area contributed by atoms with Crippen LogP contribution in [-0.4, -0.2) is 10.9 Å². The Bertz CT molecular complexity index is 2870. The van der Waals surface area contributed by atoms with Gasteiger partial charge in [-0.2, -0.15) is 0 Å². The molecule has 0 amide bonds. The van der Waals surface area contributed by atoms with Crippen LogP contribution in [-0.2, 0) is 6.42 Å². The molecule has 0 N–H and O–H groups in total. The van der Waals surface area contributed by atoms with Gasteiger partial charge in [-0.25, -0.2) is 0 Å². The van der Waals surface area contributed by atoms with E-state index in [1.165, 1.54) is 74.0 Å². The Kier molecular flexibility index (Phi) is 9.02. The molecule has 4 aromatic carbocycles. The summed E-state index contributed by atoms with van der Waals surface area (Å²) in [6.45, 7) is 0. The number of thiophene rings is 2. The first-order valence-corrected chi connectivity index (χ1v) is 22.4. The van der Waals surface area contributed by atoms with Crippen LogP contribution in [0.25, 0.3) is 37.5 Å². The molecule has 0 spiro atoms. The van der Waals surface area contributed by atoms with Crippen molar-refractivity contribution in [2.75, 3.05) is 0 Å². The van der Waals surface area contributed by atoms with Crippen molar-refractivity contribution in [1.82, 2.24) is 4.90 Å². The normalized spacial score (nSPS) is 22.5. The lowest BCUT2D eigenvalue weighted by molar-refractivity contribution is 0.403.